The van der Waals surface area contributed by atoms with Crippen molar-refractivity contribution in [2.24, 2.45) is 5.10 Å². The van der Waals surface area contributed by atoms with Crippen molar-refractivity contribution in [2.75, 3.05) is 7.05 Å². The molecule has 0 aliphatic carbocycles. The van der Waals surface area contributed by atoms with E-state index in [2.05, 4.69) is 5.10 Å². The van der Waals surface area contributed by atoms with Crippen LogP contribution in [0.4, 0.5) is 0 Å². The summed E-state index contributed by atoms with van der Waals surface area (Å²) >= 11 is 6.01. The average Bonchev–Trinajstić information content (AvgIpc) is 3.48. The first kappa shape index (κ1) is 19.5. The van der Waals surface area contributed by atoms with Crippen LogP contribution in [0.3, 0.4) is 0 Å². The normalized spacial score (nSPS) is 17.6. The Morgan fingerprint density at radius 2 is 1.93 bits per heavy atom. The van der Waals surface area contributed by atoms with Gasteiger partial charge in [-0.1, -0.05) is 23.7 Å². The molecule has 150 valence electrons. The fourth-order valence-electron chi connectivity index (χ4n) is 3.40. The molecule has 29 heavy (non-hydrogen) atoms. The molecule has 6 nitrogen and oxygen atoms in total. The average molecular weight is 412 g/mol. The molecule has 3 aromatic rings. The van der Waals surface area contributed by atoms with E-state index in [4.69, 9.17) is 20.4 Å². The van der Waals surface area contributed by atoms with E-state index < -0.39 is 0 Å². The van der Waals surface area contributed by atoms with E-state index in [1.165, 1.54) is 0 Å². The van der Waals surface area contributed by atoms with Gasteiger partial charge in [-0.2, -0.15) is 5.10 Å². The van der Waals surface area contributed by atoms with E-state index >= 15 is 0 Å². The van der Waals surface area contributed by atoms with E-state index in [-0.39, 0.29) is 18.0 Å². The van der Waals surface area contributed by atoms with Gasteiger partial charge in [-0.15, -0.1) is 0 Å². The van der Waals surface area contributed by atoms with Crippen molar-refractivity contribution in [3.8, 4) is 0 Å². The second-order valence-electron chi connectivity index (χ2n) is 7.14. The first-order valence-corrected chi connectivity index (χ1v) is 9.83. The highest BCUT2D eigenvalue weighted by atomic mass is 35.5. The first-order valence-electron chi connectivity index (χ1n) is 9.45. The molecule has 7 heteroatoms. The molecule has 1 aliphatic heterocycles. The number of halogens is 1. The third kappa shape index (κ3) is 4.13. The van der Waals surface area contributed by atoms with Crippen LogP contribution < -0.4 is 0 Å². The summed E-state index contributed by atoms with van der Waals surface area (Å²) in [4.78, 5) is 15.3. The van der Waals surface area contributed by atoms with Crippen molar-refractivity contribution < 1.29 is 13.6 Å². The van der Waals surface area contributed by atoms with Crippen molar-refractivity contribution in [3.05, 3.63) is 83.2 Å². The van der Waals surface area contributed by atoms with Gasteiger partial charge in [0.05, 0.1) is 30.8 Å². The fraction of sp³-hybridized carbons (Fsp3) is 0.273. The van der Waals surface area contributed by atoms with Crippen molar-refractivity contribution in [1.29, 1.82) is 0 Å². The summed E-state index contributed by atoms with van der Waals surface area (Å²) in [5, 5.41) is 6.88. The summed E-state index contributed by atoms with van der Waals surface area (Å²) < 4.78 is 11.0. The van der Waals surface area contributed by atoms with Gasteiger partial charge >= 0.3 is 0 Å². The van der Waals surface area contributed by atoms with Crippen molar-refractivity contribution in [2.45, 2.75) is 32.0 Å². The van der Waals surface area contributed by atoms with Crippen molar-refractivity contribution in [1.82, 2.24) is 9.91 Å². The summed E-state index contributed by atoms with van der Waals surface area (Å²) in [6.07, 6.45) is 3.83. The maximum atomic E-state index is 13.3. The number of hydrogen-bond acceptors (Lipinski definition) is 5. The molecule has 0 bridgehead atoms. The van der Waals surface area contributed by atoms with Gasteiger partial charge in [0.25, 0.3) is 5.91 Å². The molecule has 3 heterocycles. The Morgan fingerprint density at radius 3 is 2.59 bits per heavy atom. The fourth-order valence-corrected chi connectivity index (χ4v) is 3.52. The third-order valence-electron chi connectivity index (χ3n) is 5.19. The summed E-state index contributed by atoms with van der Waals surface area (Å²) in [7, 11) is 1.90. The first-order chi connectivity index (χ1) is 14.0. The van der Waals surface area contributed by atoms with E-state index in [0.717, 1.165) is 17.0 Å². The second kappa shape index (κ2) is 8.27. The predicted molar refractivity (Wildman–Crippen MR) is 111 cm³/mol. The Hall–Kier alpha value is -2.83. The minimum Gasteiger partial charge on any atom is -0.468 e. The van der Waals surface area contributed by atoms with E-state index in [1.54, 1.807) is 17.5 Å². The van der Waals surface area contributed by atoms with Crippen molar-refractivity contribution >= 4 is 23.2 Å². The van der Waals surface area contributed by atoms with Gasteiger partial charge in [-0.25, -0.2) is 5.01 Å². The molecule has 0 radical (unpaired) electrons. The lowest BCUT2D eigenvalue weighted by atomic mass is 10.0. The number of likely N-dealkylation sites (N-methyl/N-ethyl adjacent to an activating group) is 1. The Balaban J connectivity index is 1.58. The number of furan rings is 2. The van der Waals surface area contributed by atoms with Crippen LogP contribution >= 0.6 is 11.6 Å². The molecule has 2 aromatic heterocycles. The van der Waals surface area contributed by atoms with Gasteiger partial charge in [0.1, 0.15) is 17.6 Å². The zero-order valence-corrected chi connectivity index (χ0v) is 17.0. The molecule has 2 unspecified atom stereocenters. The van der Waals surface area contributed by atoms with Gasteiger partial charge in [-0.3, -0.25) is 9.69 Å². The molecule has 0 spiro atoms. The Bertz CT molecular complexity index is 981. The number of hydrogen-bond donors (Lipinski definition) is 0. The smallest absolute Gasteiger partial charge is 0.260 e. The van der Waals surface area contributed by atoms with Crippen LogP contribution in [0.1, 0.15) is 36.5 Å². The monoisotopic (exact) mass is 411 g/mol. The topological polar surface area (TPSA) is 62.2 Å². The number of nitrogens with zero attached hydrogens (tertiary/aromatic N) is 3. The highest BCUT2D eigenvalue weighted by Crippen LogP contribution is 2.34. The predicted octanol–water partition coefficient (Wildman–Crippen LogP) is 4.72. The third-order valence-corrected chi connectivity index (χ3v) is 5.44. The molecular weight excluding hydrogens is 390 g/mol. The van der Waals surface area contributed by atoms with Gasteiger partial charge in [-0.05, 0) is 55.9 Å². The zero-order chi connectivity index (χ0) is 20.4. The van der Waals surface area contributed by atoms with Crippen LogP contribution in [0.15, 0.2) is 75.0 Å². The molecule has 2 atom stereocenters. The molecule has 1 aliphatic rings. The largest absolute Gasteiger partial charge is 0.468 e. The lowest BCUT2D eigenvalue weighted by Gasteiger charge is -2.28. The molecule has 0 saturated carbocycles. The summed E-state index contributed by atoms with van der Waals surface area (Å²) in [5.74, 6) is 1.43. The maximum absolute atomic E-state index is 13.3. The second-order valence-corrected chi connectivity index (χ2v) is 7.58. The summed E-state index contributed by atoms with van der Waals surface area (Å²) in [5.41, 5.74) is 1.77. The molecule has 0 saturated heterocycles. The number of benzene rings is 1. The lowest BCUT2D eigenvalue weighted by Crippen LogP contribution is -2.43. The SMILES string of the molecule is CC(C(=O)N1N=C(c2ccc(Cl)cc2)CC1c1ccco1)N(C)Cc1ccco1. The lowest BCUT2D eigenvalue weighted by molar-refractivity contribution is -0.138. The van der Waals surface area contributed by atoms with Crippen LogP contribution in [0, 0.1) is 0 Å². The van der Waals surface area contributed by atoms with Crippen LogP contribution in [0.2, 0.25) is 5.02 Å². The van der Waals surface area contributed by atoms with E-state index in [9.17, 15) is 4.79 Å². The van der Waals surface area contributed by atoms with Crippen LogP contribution in [-0.2, 0) is 11.3 Å². The van der Waals surface area contributed by atoms with E-state index in [1.807, 2.05) is 67.4 Å². The quantitative estimate of drug-likeness (QED) is 0.588. The minimum atomic E-state index is -0.383. The summed E-state index contributed by atoms with van der Waals surface area (Å²) in [6, 6.07) is 14.3. The zero-order valence-electron chi connectivity index (χ0n) is 16.3. The van der Waals surface area contributed by atoms with Gasteiger partial charge in [0, 0.05) is 11.4 Å². The molecular formula is C22H22ClN3O3. The minimum absolute atomic E-state index is 0.0931. The number of carbonyl (C=O) groups is 1. The standard InChI is InChI=1S/C22H22ClN3O3/c1-15(25(2)14-18-5-3-11-28-18)22(27)26-20(21-6-4-12-29-21)13-19(24-26)16-7-9-17(23)10-8-16/h3-12,15,20H,13-14H2,1-2H3. The van der Waals surface area contributed by atoms with Crippen LogP contribution in [0.5, 0.6) is 0 Å². The maximum Gasteiger partial charge on any atom is 0.260 e. The van der Waals surface area contributed by atoms with Gasteiger partial charge < -0.3 is 8.83 Å². The molecule has 1 amide bonds. The van der Waals surface area contributed by atoms with Gasteiger partial charge in [0.2, 0.25) is 0 Å². The highest BCUT2D eigenvalue weighted by molar-refractivity contribution is 6.30. The molecule has 1 aromatic carbocycles. The number of carbonyl (C=O) groups excluding carboxylic acids is 1. The van der Waals surface area contributed by atoms with Crippen LogP contribution in [-0.4, -0.2) is 34.6 Å². The number of amides is 1. The summed E-state index contributed by atoms with van der Waals surface area (Å²) in [6.45, 7) is 2.41. The van der Waals surface area contributed by atoms with Crippen molar-refractivity contribution in [3.63, 3.8) is 0 Å². The molecule has 0 N–H and O–H groups in total. The van der Waals surface area contributed by atoms with Gasteiger partial charge in [0.15, 0.2) is 0 Å². The highest BCUT2D eigenvalue weighted by Gasteiger charge is 2.37. The Labute approximate surface area is 174 Å². The molecule has 4 rings (SSSR count). The van der Waals surface area contributed by atoms with Crippen LogP contribution in [0.25, 0.3) is 0 Å². The number of hydrazone groups is 1. The number of rotatable bonds is 6. The Morgan fingerprint density at radius 1 is 1.21 bits per heavy atom. The Kier molecular flexibility index (Phi) is 5.56. The van der Waals surface area contributed by atoms with E-state index in [0.29, 0.717) is 23.7 Å². The molecule has 0 fully saturated rings.